The monoisotopic (exact) mass is 407 g/mol. The van der Waals surface area contributed by atoms with Crippen molar-refractivity contribution in [1.29, 1.82) is 0 Å². The molecular weight excluding hydrogens is 366 g/mol. The minimum absolute atomic E-state index is 0.268. The summed E-state index contributed by atoms with van der Waals surface area (Å²) in [6, 6.07) is 0. The number of hydrogen-bond acceptors (Lipinski definition) is 5. The molecule has 0 aromatic heterocycles. The number of hydrogen-bond donors (Lipinski definition) is 2. The largest absolute Gasteiger partial charge is 0.493 e. The Bertz CT molecular complexity index is 592. The molecule has 0 bridgehead atoms. The summed E-state index contributed by atoms with van der Waals surface area (Å²) in [5, 5.41) is 13.9. The summed E-state index contributed by atoms with van der Waals surface area (Å²) < 4.78 is 16.9. The lowest BCUT2D eigenvalue weighted by Crippen LogP contribution is -2.41. The molecule has 0 radical (unpaired) electrons. The molecule has 1 aliphatic rings. The maximum atomic E-state index is 10.7. The molecule has 0 fully saturated rings. The fraction of sp³-hybridized carbons (Fsp3) is 0.667. The van der Waals surface area contributed by atoms with Gasteiger partial charge in [0.1, 0.15) is 18.1 Å². The molecule has 0 spiro atoms. The Balaban J connectivity index is 2.67. The standard InChI is InChI=1S/C24H41NO4/c1-7-12-23(29-21-15-14-18(8-2)17-19(21)9-3)24(26)25-16-11-13-22(28-6)20(10-4)27-5/h10,13-15,18,23-26H,7-9,11-12,16-17H2,1-6H3/b20-10+,22-13+. The first kappa shape index (κ1) is 25.3. The first-order valence-corrected chi connectivity index (χ1v) is 11.0. The molecule has 5 heteroatoms. The highest BCUT2D eigenvalue weighted by molar-refractivity contribution is 5.26. The SMILES string of the molecule is C/C=C(OC)\C(=C/CCNC(O)C(CCC)OC1=C(CC)CC(CC)C=C1)OC. The van der Waals surface area contributed by atoms with Gasteiger partial charge in [0.2, 0.25) is 0 Å². The van der Waals surface area contributed by atoms with Gasteiger partial charge in [-0.3, -0.25) is 5.32 Å². The van der Waals surface area contributed by atoms with Crippen LogP contribution in [0.15, 0.2) is 47.2 Å². The summed E-state index contributed by atoms with van der Waals surface area (Å²) in [6.45, 7) is 9.02. The van der Waals surface area contributed by atoms with Crippen molar-refractivity contribution in [3.8, 4) is 0 Å². The van der Waals surface area contributed by atoms with E-state index in [0.717, 1.165) is 37.9 Å². The Hall–Kier alpha value is -1.72. The average molecular weight is 408 g/mol. The number of aliphatic hydroxyl groups is 1. The normalized spacial score (nSPS) is 19.9. The van der Waals surface area contributed by atoms with Gasteiger partial charge in [-0.25, -0.2) is 0 Å². The second-order valence-electron chi connectivity index (χ2n) is 7.32. The van der Waals surface area contributed by atoms with Crippen LogP contribution in [0.25, 0.3) is 0 Å². The molecule has 0 aromatic carbocycles. The highest BCUT2D eigenvalue weighted by Gasteiger charge is 2.23. The van der Waals surface area contributed by atoms with Gasteiger partial charge >= 0.3 is 0 Å². The lowest BCUT2D eigenvalue weighted by Gasteiger charge is -2.28. The van der Waals surface area contributed by atoms with Crippen LogP contribution in [-0.2, 0) is 14.2 Å². The Kier molecular flexibility index (Phi) is 12.5. The van der Waals surface area contributed by atoms with Crippen LogP contribution in [0.3, 0.4) is 0 Å². The van der Waals surface area contributed by atoms with Crippen molar-refractivity contribution in [1.82, 2.24) is 5.32 Å². The smallest absolute Gasteiger partial charge is 0.156 e. The molecule has 2 N–H and O–H groups in total. The van der Waals surface area contributed by atoms with E-state index in [1.54, 1.807) is 14.2 Å². The van der Waals surface area contributed by atoms with Gasteiger partial charge in [-0.1, -0.05) is 33.3 Å². The zero-order valence-corrected chi connectivity index (χ0v) is 19.2. The Morgan fingerprint density at radius 1 is 1.24 bits per heavy atom. The van der Waals surface area contributed by atoms with E-state index in [2.05, 4.69) is 38.2 Å². The maximum absolute atomic E-state index is 10.7. The molecule has 5 nitrogen and oxygen atoms in total. The molecule has 0 aromatic rings. The van der Waals surface area contributed by atoms with Crippen LogP contribution in [0, 0.1) is 5.92 Å². The van der Waals surface area contributed by atoms with Crippen molar-refractivity contribution >= 4 is 0 Å². The predicted octanol–water partition coefficient (Wildman–Crippen LogP) is 5.20. The Morgan fingerprint density at radius 2 is 1.97 bits per heavy atom. The van der Waals surface area contributed by atoms with E-state index < -0.39 is 6.23 Å². The number of nitrogens with one attached hydrogen (secondary N) is 1. The molecule has 0 saturated carbocycles. The molecule has 29 heavy (non-hydrogen) atoms. The van der Waals surface area contributed by atoms with Crippen molar-refractivity contribution in [3.05, 3.63) is 47.2 Å². The minimum Gasteiger partial charge on any atom is -0.493 e. The summed E-state index contributed by atoms with van der Waals surface area (Å²) in [5.41, 5.74) is 1.35. The Labute approximate surface area is 177 Å². The quantitative estimate of drug-likeness (QED) is 0.179. The first-order valence-electron chi connectivity index (χ1n) is 11.0. The second-order valence-corrected chi connectivity index (χ2v) is 7.32. The highest BCUT2D eigenvalue weighted by Crippen LogP contribution is 2.30. The van der Waals surface area contributed by atoms with Gasteiger partial charge < -0.3 is 19.3 Å². The molecule has 1 rings (SSSR count). The van der Waals surface area contributed by atoms with Crippen LogP contribution in [0.5, 0.6) is 0 Å². The first-order chi connectivity index (χ1) is 14.0. The Morgan fingerprint density at radius 3 is 2.52 bits per heavy atom. The minimum atomic E-state index is -0.721. The van der Waals surface area contributed by atoms with Crippen LogP contribution in [0.2, 0.25) is 0 Å². The lowest BCUT2D eigenvalue weighted by atomic mass is 9.90. The van der Waals surface area contributed by atoms with E-state index >= 15 is 0 Å². The molecule has 0 heterocycles. The molecule has 1 aliphatic carbocycles. The van der Waals surface area contributed by atoms with Crippen LogP contribution in [-0.4, -0.2) is 38.2 Å². The van der Waals surface area contributed by atoms with Gasteiger partial charge in [0.15, 0.2) is 11.5 Å². The number of aliphatic hydroxyl groups excluding tert-OH is 1. The van der Waals surface area contributed by atoms with Gasteiger partial charge in [0.05, 0.1) is 14.2 Å². The third-order valence-corrected chi connectivity index (χ3v) is 5.30. The summed E-state index contributed by atoms with van der Waals surface area (Å²) in [7, 11) is 3.25. The van der Waals surface area contributed by atoms with Crippen molar-refractivity contribution in [3.63, 3.8) is 0 Å². The van der Waals surface area contributed by atoms with Crippen LogP contribution in [0.1, 0.15) is 66.2 Å². The zero-order valence-electron chi connectivity index (χ0n) is 19.2. The molecule has 3 unspecified atom stereocenters. The van der Waals surface area contributed by atoms with Crippen molar-refractivity contribution in [2.75, 3.05) is 20.8 Å². The van der Waals surface area contributed by atoms with Gasteiger partial charge in [-0.15, -0.1) is 0 Å². The number of ether oxygens (including phenoxy) is 3. The maximum Gasteiger partial charge on any atom is 0.156 e. The van der Waals surface area contributed by atoms with E-state index in [1.807, 2.05) is 19.1 Å². The van der Waals surface area contributed by atoms with Crippen LogP contribution in [0.4, 0.5) is 0 Å². The second kappa shape index (κ2) is 14.3. The van der Waals surface area contributed by atoms with E-state index in [0.29, 0.717) is 30.4 Å². The van der Waals surface area contributed by atoms with Crippen molar-refractivity contribution in [2.45, 2.75) is 78.6 Å². The summed E-state index contributed by atoms with van der Waals surface area (Å²) in [6.07, 6.45) is 12.8. The third-order valence-electron chi connectivity index (χ3n) is 5.30. The van der Waals surface area contributed by atoms with Gasteiger partial charge in [-0.2, -0.15) is 0 Å². The van der Waals surface area contributed by atoms with E-state index in [1.165, 1.54) is 5.57 Å². The summed E-state index contributed by atoms with van der Waals surface area (Å²) in [4.78, 5) is 0. The average Bonchev–Trinajstić information content (AvgIpc) is 2.75. The number of allylic oxidation sites excluding steroid dienone is 4. The summed E-state index contributed by atoms with van der Waals surface area (Å²) >= 11 is 0. The molecule has 0 aliphatic heterocycles. The molecular formula is C24H41NO4. The van der Waals surface area contributed by atoms with Crippen LogP contribution < -0.4 is 5.32 Å². The van der Waals surface area contributed by atoms with E-state index in [9.17, 15) is 5.11 Å². The fourth-order valence-electron chi connectivity index (χ4n) is 3.49. The molecule has 0 amide bonds. The molecule has 3 atom stereocenters. The number of rotatable bonds is 14. The van der Waals surface area contributed by atoms with Crippen molar-refractivity contribution < 1.29 is 19.3 Å². The highest BCUT2D eigenvalue weighted by atomic mass is 16.5. The summed E-state index contributed by atoms with van der Waals surface area (Å²) in [5.74, 6) is 2.94. The lowest BCUT2D eigenvalue weighted by molar-refractivity contribution is -0.0239. The van der Waals surface area contributed by atoms with E-state index in [4.69, 9.17) is 14.2 Å². The topological polar surface area (TPSA) is 60.0 Å². The van der Waals surface area contributed by atoms with Crippen LogP contribution >= 0.6 is 0 Å². The van der Waals surface area contributed by atoms with E-state index in [-0.39, 0.29) is 6.10 Å². The van der Waals surface area contributed by atoms with Gasteiger partial charge in [0.25, 0.3) is 0 Å². The molecule has 166 valence electrons. The number of methoxy groups -OCH3 is 2. The molecule has 0 saturated heterocycles. The van der Waals surface area contributed by atoms with Gasteiger partial charge in [0, 0.05) is 6.54 Å². The predicted molar refractivity (Wildman–Crippen MR) is 119 cm³/mol. The van der Waals surface area contributed by atoms with Gasteiger partial charge in [-0.05, 0) is 68.7 Å². The zero-order chi connectivity index (χ0) is 21.6. The van der Waals surface area contributed by atoms with Crippen molar-refractivity contribution in [2.24, 2.45) is 5.92 Å². The fourth-order valence-corrected chi connectivity index (χ4v) is 3.49. The third kappa shape index (κ3) is 8.27.